The number of esters is 2. The minimum absolute atomic E-state index is 0.0374. The molecular formula is C36H30N6O13S4. The van der Waals surface area contributed by atoms with Crippen LogP contribution in [0.15, 0.2) is 74.7 Å². The lowest BCUT2D eigenvalue weighted by atomic mass is 10.0. The zero-order valence-electron chi connectivity index (χ0n) is 30.5. The van der Waals surface area contributed by atoms with Gasteiger partial charge in [-0.1, -0.05) is 47.2 Å². The standard InChI is InChI=1S/C36H30N6O13S4/c1-15(43)53-21-9-8-18(10-22(21)54-16(2)44)25-23(11-24(45)46)59-36(40-25)58-13-19-12-56-32-27(31(48)42(32)28(19)33(49)50)39-30(47)26(20-14-57-35(37)38-20)41-55-29(34(51)52)17-6-4-3-5-7-17/h3-10,14,27,29,32H,11-13H2,1-2H3,(H2,37,38)(H,39,47)(H,45,46)(H,49,50)(H,51,52)/t27-,29?,32-/m1/s1. The van der Waals surface area contributed by atoms with Gasteiger partial charge < -0.3 is 40.7 Å². The molecule has 0 radical (unpaired) electrons. The number of ether oxygens (including phenoxy) is 2. The fourth-order valence-electron chi connectivity index (χ4n) is 5.74. The number of aliphatic carboxylic acids is 3. The number of nitrogen functional groups attached to an aromatic ring is 1. The number of fused-ring (bicyclic) bond motifs is 1. The van der Waals surface area contributed by atoms with Crippen molar-refractivity contribution in [2.75, 3.05) is 17.2 Å². The Morgan fingerprint density at radius 2 is 1.73 bits per heavy atom. The summed E-state index contributed by atoms with van der Waals surface area (Å²) in [4.78, 5) is 102. The molecule has 0 saturated carbocycles. The van der Waals surface area contributed by atoms with Crippen molar-refractivity contribution >= 4 is 98.7 Å². The minimum Gasteiger partial charge on any atom is -0.481 e. The summed E-state index contributed by atoms with van der Waals surface area (Å²) >= 11 is 4.33. The highest BCUT2D eigenvalue weighted by molar-refractivity contribution is 8.01. The number of thioether (sulfide) groups is 2. The van der Waals surface area contributed by atoms with E-state index in [1.807, 2.05) is 0 Å². The van der Waals surface area contributed by atoms with Crippen LogP contribution < -0.4 is 20.5 Å². The van der Waals surface area contributed by atoms with Crippen LogP contribution in [0.4, 0.5) is 5.13 Å². The topological polar surface area (TPSA) is 287 Å². The van der Waals surface area contributed by atoms with Gasteiger partial charge in [0, 0.05) is 46.7 Å². The fourth-order valence-corrected chi connectivity index (χ4v) is 9.97. The summed E-state index contributed by atoms with van der Waals surface area (Å²) in [5.41, 5.74) is 6.17. The number of carboxylic acid groups (broad SMARTS) is 3. The highest BCUT2D eigenvalue weighted by atomic mass is 32.2. The van der Waals surface area contributed by atoms with Crippen LogP contribution in [0.2, 0.25) is 0 Å². The molecule has 306 valence electrons. The van der Waals surface area contributed by atoms with Crippen LogP contribution in [0.5, 0.6) is 11.5 Å². The number of thiazole rings is 2. The van der Waals surface area contributed by atoms with Crippen LogP contribution in [0.1, 0.15) is 36.1 Å². The molecule has 4 heterocycles. The molecule has 19 nitrogen and oxygen atoms in total. The van der Waals surface area contributed by atoms with E-state index in [0.717, 1.165) is 46.3 Å². The predicted octanol–water partition coefficient (Wildman–Crippen LogP) is 3.40. The first-order valence-electron chi connectivity index (χ1n) is 16.9. The third-order valence-corrected chi connectivity index (χ3v) is 12.5. The second-order valence-corrected chi connectivity index (χ2v) is 16.6. The summed E-state index contributed by atoms with van der Waals surface area (Å²) in [5, 5.41) is 36.7. The molecule has 6 N–H and O–H groups in total. The van der Waals surface area contributed by atoms with Gasteiger partial charge in [-0.05, 0) is 23.8 Å². The molecule has 2 aliphatic heterocycles. The highest BCUT2D eigenvalue weighted by Crippen LogP contribution is 2.43. The van der Waals surface area contributed by atoms with Crippen LogP contribution in [-0.2, 0) is 44.8 Å². The van der Waals surface area contributed by atoms with Crippen LogP contribution >= 0.6 is 46.2 Å². The normalized spacial score (nSPS) is 16.7. The Morgan fingerprint density at radius 3 is 2.36 bits per heavy atom. The van der Waals surface area contributed by atoms with E-state index in [0.29, 0.717) is 20.4 Å². The van der Waals surface area contributed by atoms with Crippen LogP contribution in [0, 0.1) is 0 Å². The Hall–Kier alpha value is -6.30. The zero-order valence-corrected chi connectivity index (χ0v) is 33.7. The minimum atomic E-state index is -1.59. The lowest BCUT2D eigenvalue weighted by Crippen LogP contribution is -2.71. The van der Waals surface area contributed by atoms with Gasteiger partial charge in [-0.25, -0.2) is 19.6 Å². The summed E-state index contributed by atoms with van der Waals surface area (Å²) in [6.07, 6.45) is -2.01. The molecule has 23 heteroatoms. The zero-order chi connectivity index (χ0) is 42.5. The number of nitrogens with one attached hydrogen (secondary N) is 1. The SMILES string of the molecule is CC(=O)Oc1ccc(-c2nc(SCC3=C(C(=O)O)N4C(=O)[C@@H](NC(=O)C(=NOC(C(=O)O)c5ccccc5)c5csc(N)n5)[C@H]4SC3)sc2CC(=O)O)cc1OC(C)=O. The molecule has 0 aliphatic carbocycles. The summed E-state index contributed by atoms with van der Waals surface area (Å²) in [7, 11) is 0. The summed E-state index contributed by atoms with van der Waals surface area (Å²) < 4.78 is 10.7. The number of hydrogen-bond acceptors (Lipinski definition) is 18. The molecule has 2 aliphatic rings. The first-order chi connectivity index (χ1) is 28.1. The number of carbonyl (C=O) groups is 7. The van der Waals surface area contributed by atoms with Crippen molar-refractivity contribution in [3.8, 4) is 22.8 Å². The molecule has 1 unspecified atom stereocenters. The third-order valence-electron chi connectivity index (χ3n) is 8.18. The average Bonchev–Trinajstić information content (AvgIpc) is 3.79. The Labute approximate surface area is 349 Å². The third kappa shape index (κ3) is 9.71. The highest BCUT2D eigenvalue weighted by Gasteiger charge is 2.54. The number of oxime groups is 1. The van der Waals surface area contributed by atoms with Crippen molar-refractivity contribution in [3.05, 3.63) is 81.3 Å². The number of anilines is 1. The Kier molecular flexibility index (Phi) is 13.0. The van der Waals surface area contributed by atoms with Crippen molar-refractivity contribution in [1.29, 1.82) is 0 Å². The first kappa shape index (κ1) is 42.3. The lowest BCUT2D eigenvalue weighted by Gasteiger charge is -2.49. The van der Waals surface area contributed by atoms with Gasteiger partial charge in [-0.2, -0.15) is 0 Å². The number of β-lactam (4-membered cyclic amide) rings is 1. The molecule has 59 heavy (non-hydrogen) atoms. The molecule has 2 aromatic carbocycles. The molecule has 6 rings (SSSR count). The van der Waals surface area contributed by atoms with Crippen molar-refractivity contribution in [2.45, 2.75) is 42.1 Å². The van der Waals surface area contributed by atoms with E-state index >= 15 is 0 Å². The van der Waals surface area contributed by atoms with E-state index in [2.05, 4.69) is 20.4 Å². The molecule has 2 aromatic heterocycles. The van der Waals surface area contributed by atoms with Crippen molar-refractivity contribution in [3.63, 3.8) is 0 Å². The van der Waals surface area contributed by atoms with Crippen molar-refractivity contribution < 1.29 is 63.2 Å². The molecule has 3 atom stereocenters. The number of amides is 2. The van der Waals surface area contributed by atoms with Crippen LogP contribution in [-0.4, -0.2) is 100 Å². The largest absolute Gasteiger partial charge is 0.481 e. The molecule has 2 amide bonds. The Bertz CT molecular complexity index is 2430. The molecule has 1 fully saturated rings. The van der Waals surface area contributed by atoms with E-state index in [-0.39, 0.29) is 50.8 Å². The number of carbonyl (C=O) groups excluding carboxylic acids is 4. The molecule has 4 aromatic rings. The second kappa shape index (κ2) is 18.1. The average molecular weight is 883 g/mol. The first-order valence-corrected chi connectivity index (χ1v) is 20.6. The number of nitrogens with two attached hydrogens (primary N) is 1. The van der Waals surface area contributed by atoms with Gasteiger partial charge >= 0.3 is 29.8 Å². The fraction of sp³-hybridized carbons (Fsp3) is 0.222. The lowest BCUT2D eigenvalue weighted by molar-refractivity contribution is -0.151. The smallest absolute Gasteiger partial charge is 0.352 e. The number of carboxylic acids is 3. The van der Waals surface area contributed by atoms with Crippen molar-refractivity contribution in [1.82, 2.24) is 20.2 Å². The maximum Gasteiger partial charge on any atom is 0.352 e. The van der Waals surface area contributed by atoms with E-state index in [1.165, 1.54) is 54.4 Å². The number of benzene rings is 2. The van der Waals surface area contributed by atoms with Gasteiger partial charge in [0.25, 0.3) is 11.8 Å². The molecule has 0 spiro atoms. The predicted molar refractivity (Wildman–Crippen MR) is 213 cm³/mol. The summed E-state index contributed by atoms with van der Waals surface area (Å²) in [5.74, 6) is -6.93. The molecule has 0 bridgehead atoms. The summed E-state index contributed by atoms with van der Waals surface area (Å²) in [6.45, 7) is 2.33. The monoisotopic (exact) mass is 882 g/mol. The van der Waals surface area contributed by atoms with Gasteiger partial charge in [0.05, 0.1) is 12.1 Å². The van der Waals surface area contributed by atoms with Gasteiger partial charge in [0.2, 0.25) is 6.10 Å². The quantitative estimate of drug-likeness (QED) is 0.0269. The maximum atomic E-state index is 13.6. The number of aromatic nitrogens is 2. The van der Waals surface area contributed by atoms with E-state index in [9.17, 15) is 48.9 Å². The van der Waals surface area contributed by atoms with E-state index in [4.69, 9.17) is 20.0 Å². The molecule has 1 saturated heterocycles. The van der Waals surface area contributed by atoms with Crippen molar-refractivity contribution in [2.24, 2.45) is 5.16 Å². The number of rotatable bonds is 16. The van der Waals surface area contributed by atoms with Gasteiger partial charge in [-0.15, -0.1) is 34.4 Å². The van der Waals surface area contributed by atoms with Crippen LogP contribution in [0.3, 0.4) is 0 Å². The maximum absolute atomic E-state index is 13.6. The van der Waals surface area contributed by atoms with Crippen LogP contribution in [0.25, 0.3) is 11.3 Å². The van der Waals surface area contributed by atoms with E-state index < -0.39 is 71.3 Å². The Balaban J connectivity index is 1.20. The second-order valence-electron chi connectivity index (χ2n) is 12.3. The summed E-state index contributed by atoms with van der Waals surface area (Å²) in [6, 6.07) is 10.9. The molecular weight excluding hydrogens is 853 g/mol. The van der Waals surface area contributed by atoms with Gasteiger partial charge in [0.15, 0.2) is 26.7 Å². The number of hydrogen-bond donors (Lipinski definition) is 5. The van der Waals surface area contributed by atoms with Gasteiger partial charge in [-0.3, -0.25) is 28.9 Å². The Morgan fingerprint density at radius 1 is 1.02 bits per heavy atom. The van der Waals surface area contributed by atoms with E-state index in [1.54, 1.807) is 18.2 Å². The number of nitrogens with zero attached hydrogens (tertiary/aromatic N) is 4. The van der Waals surface area contributed by atoms with Gasteiger partial charge in [0.1, 0.15) is 22.8 Å².